The van der Waals surface area contributed by atoms with Crippen molar-refractivity contribution in [2.45, 2.75) is 19.8 Å². The van der Waals surface area contributed by atoms with Crippen LogP contribution in [-0.4, -0.2) is 5.78 Å². The summed E-state index contributed by atoms with van der Waals surface area (Å²) < 4.78 is 0. The zero-order chi connectivity index (χ0) is 11.5. The maximum absolute atomic E-state index is 12.2. The molecule has 0 saturated carbocycles. The minimum absolute atomic E-state index is 0.138. The van der Waals surface area contributed by atoms with Crippen molar-refractivity contribution in [2.75, 3.05) is 0 Å². The van der Waals surface area contributed by atoms with E-state index in [0.717, 1.165) is 16.0 Å². The molecule has 0 atom stereocenters. The molecule has 1 aromatic heterocycles. The van der Waals surface area contributed by atoms with Crippen molar-refractivity contribution in [3.63, 3.8) is 0 Å². The summed E-state index contributed by atoms with van der Waals surface area (Å²) in [5, 5.41) is 1.99. The smallest absolute Gasteiger partial charge is 0.203 e. The van der Waals surface area contributed by atoms with E-state index in [1.54, 1.807) is 0 Å². The van der Waals surface area contributed by atoms with Crippen LogP contribution in [0.2, 0.25) is 0 Å². The zero-order valence-electron chi connectivity index (χ0n) is 9.44. The lowest BCUT2D eigenvalue weighted by Gasteiger charge is -2.06. The van der Waals surface area contributed by atoms with Crippen LogP contribution in [0.15, 0.2) is 41.8 Å². The van der Waals surface area contributed by atoms with Gasteiger partial charge in [-0.1, -0.05) is 44.2 Å². The fourth-order valence-corrected chi connectivity index (χ4v) is 2.69. The van der Waals surface area contributed by atoms with Gasteiger partial charge in [0.1, 0.15) is 0 Å². The Morgan fingerprint density at radius 1 is 1.12 bits per heavy atom. The van der Waals surface area contributed by atoms with Gasteiger partial charge in [0.25, 0.3) is 0 Å². The zero-order valence-corrected chi connectivity index (χ0v) is 10.3. The van der Waals surface area contributed by atoms with Crippen LogP contribution in [0.1, 0.15) is 40.6 Å². The summed E-state index contributed by atoms with van der Waals surface area (Å²) in [5.41, 5.74) is 1.92. The first-order valence-corrected chi connectivity index (χ1v) is 6.25. The molecule has 0 spiro atoms. The number of benzene rings is 1. The summed E-state index contributed by atoms with van der Waals surface area (Å²) in [4.78, 5) is 13.1. The van der Waals surface area contributed by atoms with Gasteiger partial charge >= 0.3 is 0 Å². The van der Waals surface area contributed by atoms with Gasteiger partial charge < -0.3 is 0 Å². The molecule has 0 bridgehead atoms. The number of ketones is 1. The van der Waals surface area contributed by atoms with Gasteiger partial charge in [0.15, 0.2) is 0 Å². The average Bonchev–Trinajstić information content (AvgIpc) is 2.78. The SMILES string of the molecule is CC(C)c1ccsc1C(=O)c1ccccc1. The number of carbonyl (C=O) groups is 1. The monoisotopic (exact) mass is 230 g/mol. The Hall–Kier alpha value is -1.41. The second kappa shape index (κ2) is 4.62. The van der Waals surface area contributed by atoms with Gasteiger partial charge in [-0.15, -0.1) is 11.3 Å². The lowest BCUT2D eigenvalue weighted by atomic mass is 10.00. The van der Waals surface area contributed by atoms with Crippen molar-refractivity contribution in [3.05, 3.63) is 57.8 Å². The first-order valence-electron chi connectivity index (χ1n) is 5.37. The number of carbonyl (C=O) groups excluding carboxylic acids is 1. The Bertz CT molecular complexity index is 482. The number of hydrogen-bond donors (Lipinski definition) is 0. The van der Waals surface area contributed by atoms with E-state index in [9.17, 15) is 4.79 Å². The fourth-order valence-electron chi connectivity index (χ4n) is 1.68. The summed E-state index contributed by atoms with van der Waals surface area (Å²) in [5.74, 6) is 0.535. The molecule has 2 rings (SSSR count). The van der Waals surface area contributed by atoms with Gasteiger partial charge in [0.2, 0.25) is 5.78 Å². The Morgan fingerprint density at radius 3 is 2.44 bits per heavy atom. The summed E-state index contributed by atoms with van der Waals surface area (Å²) in [6.45, 7) is 4.23. The summed E-state index contributed by atoms with van der Waals surface area (Å²) in [6.07, 6.45) is 0. The molecular weight excluding hydrogens is 216 g/mol. The van der Waals surface area contributed by atoms with Gasteiger partial charge in [-0.2, -0.15) is 0 Å². The first kappa shape index (κ1) is 11.1. The van der Waals surface area contributed by atoms with Gasteiger partial charge in [-0.3, -0.25) is 4.79 Å². The highest BCUT2D eigenvalue weighted by Crippen LogP contribution is 2.26. The van der Waals surface area contributed by atoms with Gasteiger partial charge in [0.05, 0.1) is 4.88 Å². The van der Waals surface area contributed by atoms with E-state index in [0.29, 0.717) is 5.92 Å². The van der Waals surface area contributed by atoms with Crippen LogP contribution < -0.4 is 0 Å². The molecule has 1 nitrogen and oxygen atoms in total. The Labute approximate surface area is 99.8 Å². The lowest BCUT2D eigenvalue weighted by molar-refractivity contribution is 0.104. The maximum atomic E-state index is 12.2. The molecule has 0 unspecified atom stereocenters. The van der Waals surface area contributed by atoms with Crippen molar-refractivity contribution < 1.29 is 4.79 Å². The Balaban J connectivity index is 2.39. The summed E-state index contributed by atoms with van der Waals surface area (Å²) in [7, 11) is 0. The lowest BCUT2D eigenvalue weighted by Crippen LogP contribution is -2.02. The third kappa shape index (κ3) is 2.07. The van der Waals surface area contributed by atoms with Crippen molar-refractivity contribution in [3.8, 4) is 0 Å². The molecule has 0 aliphatic heterocycles. The fraction of sp³-hybridized carbons (Fsp3) is 0.214. The van der Waals surface area contributed by atoms with E-state index in [-0.39, 0.29) is 5.78 Å². The van der Waals surface area contributed by atoms with Gasteiger partial charge in [-0.05, 0) is 22.9 Å². The molecule has 0 radical (unpaired) electrons. The number of thiophene rings is 1. The molecule has 0 amide bonds. The minimum Gasteiger partial charge on any atom is -0.288 e. The van der Waals surface area contributed by atoms with E-state index < -0.39 is 0 Å². The second-order valence-corrected chi connectivity index (χ2v) is 4.97. The van der Waals surface area contributed by atoms with Gasteiger partial charge in [0, 0.05) is 5.56 Å². The van der Waals surface area contributed by atoms with Crippen LogP contribution in [-0.2, 0) is 0 Å². The van der Waals surface area contributed by atoms with Crippen molar-refractivity contribution in [1.29, 1.82) is 0 Å². The largest absolute Gasteiger partial charge is 0.288 e. The molecule has 1 aromatic carbocycles. The van der Waals surface area contributed by atoms with Crippen molar-refractivity contribution in [1.82, 2.24) is 0 Å². The number of rotatable bonds is 3. The molecule has 82 valence electrons. The molecule has 0 saturated heterocycles. The third-order valence-electron chi connectivity index (χ3n) is 2.56. The molecule has 1 heterocycles. The maximum Gasteiger partial charge on any atom is 0.203 e. The molecular formula is C14H14OS. The van der Waals surface area contributed by atoms with Crippen LogP contribution in [0.5, 0.6) is 0 Å². The second-order valence-electron chi connectivity index (χ2n) is 4.05. The molecule has 0 fully saturated rings. The molecule has 0 aliphatic carbocycles. The predicted molar refractivity (Wildman–Crippen MR) is 68.3 cm³/mol. The van der Waals surface area contributed by atoms with Crippen LogP contribution in [0.4, 0.5) is 0 Å². The third-order valence-corrected chi connectivity index (χ3v) is 3.49. The standard InChI is InChI=1S/C14H14OS/c1-10(2)12-8-9-16-14(12)13(15)11-6-4-3-5-7-11/h3-10H,1-2H3. The highest BCUT2D eigenvalue weighted by atomic mass is 32.1. The molecule has 0 N–H and O–H groups in total. The van der Waals surface area contributed by atoms with E-state index in [2.05, 4.69) is 13.8 Å². The molecule has 2 aromatic rings. The average molecular weight is 230 g/mol. The van der Waals surface area contributed by atoms with Crippen LogP contribution in [0.25, 0.3) is 0 Å². The number of hydrogen-bond acceptors (Lipinski definition) is 2. The Kier molecular flexibility index (Phi) is 3.20. The predicted octanol–water partition coefficient (Wildman–Crippen LogP) is 4.10. The minimum atomic E-state index is 0.138. The summed E-state index contributed by atoms with van der Waals surface area (Å²) >= 11 is 1.53. The highest BCUT2D eigenvalue weighted by molar-refractivity contribution is 7.12. The molecule has 0 aliphatic rings. The van der Waals surface area contributed by atoms with E-state index in [1.165, 1.54) is 11.3 Å². The topological polar surface area (TPSA) is 17.1 Å². The first-order chi connectivity index (χ1) is 7.70. The van der Waals surface area contributed by atoms with Crippen LogP contribution in [0, 0.1) is 0 Å². The molecule has 2 heteroatoms. The summed E-state index contributed by atoms with van der Waals surface area (Å²) in [6, 6.07) is 11.5. The van der Waals surface area contributed by atoms with E-state index in [4.69, 9.17) is 0 Å². The molecule has 16 heavy (non-hydrogen) atoms. The normalized spacial score (nSPS) is 10.7. The van der Waals surface area contributed by atoms with Crippen molar-refractivity contribution in [2.24, 2.45) is 0 Å². The van der Waals surface area contributed by atoms with Crippen LogP contribution >= 0.6 is 11.3 Å². The quantitative estimate of drug-likeness (QED) is 0.725. The Morgan fingerprint density at radius 2 is 1.81 bits per heavy atom. The van der Waals surface area contributed by atoms with E-state index in [1.807, 2.05) is 41.8 Å². The van der Waals surface area contributed by atoms with E-state index >= 15 is 0 Å². The highest BCUT2D eigenvalue weighted by Gasteiger charge is 2.16. The van der Waals surface area contributed by atoms with Crippen LogP contribution in [0.3, 0.4) is 0 Å². The van der Waals surface area contributed by atoms with Crippen molar-refractivity contribution >= 4 is 17.1 Å². The van der Waals surface area contributed by atoms with Gasteiger partial charge in [-0.25, -0.2) is 0 Å².